The first kappa shape index (κ1) is 17.0. The second-order valence-electron chi connectivity index (χ2n) is 5.90. The first-order valence-corrected chi connectivity index (χ1v) is 8.31. The number of fused-ring (bicyclic) bond motifs is 1. The first-order valence-electron chi connectivity index (χ1n) is 8.31. The molecule has 0 saturated heterocycles. The molecule has 1 N–H and O–H groups in total. The molecule has 2 heterocycles. The summed E-state index contributed by atoms with van der Waals surface area (Å²) in [6, 6.07) is 7.18. The lowest BCUT2D eigenvalue weighted by molar-refractivity contribution is -0.148. The second-order valence-corrected chi connectivity index (χ2v) is 5.90. The molecule has 132 valence electrons. The fourth-order valence-electron chi connectivity index (χ4n) is 2.91. The minimum atomic E-state index is -0.584. The van der Waals surface area contributed by atoms with Crippen LogP contribution in [0.25, 0.3) is 0 Å². The monoisotopic (exact) mass is 342 g/mol. The van der Waals surface area contributed by atoms with Crippen molar-refractivity contribution >= 4 is 11.9 Å². The molecule has 2 aromatic rings. The van der Waals surface area contributed by atoms with Crippen molar-refractivity contribution in [3.63, 3.8) is 0 Å². The van der Waals surface area contributed by atoms with E-state index in [1.54, 1.807) is 11.8 Å². The summed E-state index contributed by atoms with van der Waals surface area (Å²) in [5, 5.41) is 7.34. The Morgan fingerprint density at radius 3 is 2.80 bits per heavy atom. The van der Waals surface area contributed by atoms with Gasteiger partial charge in [0.05, 0.1) is 19.8 Å². The van der Waals surface area contributed by atoms with Crippen molar-refractivity contribution in [3.05, 3.63) is 48.4 Å². The Kier molecular flexibility index (Phi) is 5.02. The van der Waals surface area contributed by atoms with Gasteiger partial charge >= 0.3 is 5.97 Å². The minimum Gasteiger partial charge on any atom is -0.497 e. The van der Waals surface area contributed by atoms with E-state index in [1.807, 2.05) is 24.3 Å². The lowest BCUT2D eigenvalue weighted by atomic mass is 9.89. The lowest BCUT2D eigenvalue weighted by Crippen LogP contribution is -2.38. The van der Waals surface area contributed by atoms with Crippen molar-refractivity contribution in [3.8, 4) is 5.75 Å². The molecule has 25 heavy (non-hydrogen) atoms. The van der Waals surface area contributed by atoms with Gasteiger partial charge in [0.15, 0.2) is 0 Å². The van der Waals surface area contributed by atoms with E-state index in [0.717, 1.165) is 24.2 Å². The summed E-state index contributed by atoms with van der Waals surface area (Å²) >= 11 is 0. The summed E-state index contributed by atoms with van der Waals surface area (Å²) in [6.07, 6.45) is 3.25. The Bertz CT molecular complexity index is 754. The van der Waals surface area contributed by atoms with E-state index >= 15 is 0 Å². The first-order chi connectivity index (χ1) is 12.2. The van der Waals surface area contributed by atoms with Gasteiger partial charge in [0.25, 0.3) is 0 Å². The standard InChI is InChI=1S/C18H22N4O3/c1-4-5-10-25-17(23)15-12(2)21-18-19-11-20-22(18)16(15)13-6-8-14(24-3)9-7-13/h6-9,11,15-16H,2,4-5,10H2,1,3H3,(H,19,20,21)/t15-,16+/m0/s1. The number of esters is 1. The largest absolute Gasteiger partial charge is 0.497 e. The second kappa shape index (κ2) is 7.38. The van der Waals surface area contributed by atoms with E-state index in [-0.39, 0.29) is 12.0 Å². The van der Waals surface area contributed by atoms with Crippen LogP contribution in [0.3, 0.4) is 0 Å². The predicted octanol–water partition coefficient (Wildman–Crippen LogP) is 2.77. The molecule has 0 aliphatic carbocycles. The highest BCUT2D eigenvalue weighted by Gasteiger charge is 2.40. The molecular formula is C18H22N4O3. The Morgan fingerprint density at radius 1 is 1.36 bits per heavy atom. The quantitative estimate of drug-likeness (QED) is 0.642. The molecule has 7 nitrogen and oxygen atoms in total. The third kappa shape index (κ3) is 3.35. The number of rotatable bonds is 6. The molecule has 7 heteroatoms. The number of unbranched alkanes of at least 4 members (excludes halogenated alkanes) is 1. The molecule has 1 aromatic heterocycles. The molecule has 2 atom stereocenters. The third-order valence-corrected chi connectivity index (χ3v) is 4.25. The van der Waals surface area contributed by atoms with Gasteiger partial charge < -0.3 is 14.8 Å². The van der Waals surface area contributed by atoms with Crippen LogP contribution in [0.4, 0.5) is 5.95 Å². The zero-order chi connectivity index (χ0) is 17.8. The zero-order valence-corrected chi connectivity index (χ0v) is 14.4. The molecule has 0 radical (unpaired) electrons. The molecular weight excluding hydrogens is 320 g/mol. The number of benzene rings is 1. The van der Waals surface area contributed by atoms with Crippen LogP contribution in [-0.4, -0.2) is 34.5 Å². The SMILES string of the molecule is C=C1Nc2ncnn2[C@H](c2ccc(OC)cc2)[C@H]1C(=O)OCCCC. The van der Waals surface area contributed by atoms with Gasteiger partial charge in [-0.3, -0.25) is 4.79 Å². The van der Waals surface area contributed by atoms with Crippen LogP contribution >= 0.6 is 0 Å². The van der Waals surface area contributed by atoms with E-state index in [4.69, 9.17) is 9.47 Å². The van der Waals surface area contributed by atoms with Crippen LogP contribution in [-0.2, 0) is 9.53 Å². The summed E-state index contributed by atoms with van der Waals surface area (Å²) < 4.78 is 12.4. The maximum atomic E-state index is 12.7. The summed E-state index contributed by atoms with van der Waals surface area (Å²) in [5.74, 6) is 0.410. The number of nitrogens with one attached hydrogen (secondary N) is 1. The van der Waals surface area contributed by atoms with E-state index in [1.165, 1.54) is 6.33 Å². The number of methoxy groups -OCH3 is 1. The lowest BCUT2D eigenvalue weighted by Gasteiger charge is -2.33. The molecule has 1 aliphatic heterocycles. The van der Waals surface area contributed by atoms with Crippen molar-refractivity contribution < 1.29 is 14.3 Å². The van der Waals surface area contributed by atoms with Crippen LogP contribution < -0.4 is 10.1 Å². The molecule has 0 unspecified atom stereocenters. The Balaban J connectivity index is 1.96. The van der Waals surface area contributed by atoms with Crippen molar-refractivity contribution in [2.45, 2.75) is 25.8 Å². The number of hydrogen-bond acceptors (Lipinski definition) is 6. The van der Waals surface area contributed by atoms with Crippen LogP contribution in [0, 0.1) is 5.92 Å². The maximum Gasteiger partial charge on any atom is 0.317 e. The average Bonchev–Trinajstić information content (AvgIpc) is 3.08. The van der Waals surface area contributed by atoms with Crippen molar-refractivity contribution in [1.29, 1.82) is 0 Å². The van der Waals surface area contributed by atoms with Gasteiger partial charge in [-0.15, -0.1) is 0 Å². The van der Waals surface area contributed by atoms with Gasteiger partial charge in [-0.1, -0.05) is 32.1 Å². The maximum absolute atomic E-state index is 12.7. The summed E-state index contributed by atoms with van der Waals surface area (Å²) in [7, 11) is 1.62. The van der Waals surface area contributed by atoms with E-state index in [9.17, 15) is 4.79 Å². The molecule has 1 aromatic carbocycles. The molecule has 0 fully saturated rings. The molecule has 0 amide bonds. The fraction of sp³-hybridized carbons (Fsp3) is 0.389. The molecule has 3 rings (SSSR count). The van der Waals surface area contributed by atoms with Crippen molar-refractivity contribution in [1.82, 2.24) is 14.8 Å². The number of carbonyl (C=O) groups excluding carboxylic acids is 1. The molecule has 1 aliphatic rings. The van der Waals surface area contributed by atoms with E-state index in [0.29, 0.717) is 18.3 Å². The van der Waals surface area contributed by atoms with Gasteiger partial charge in [0, 0.05) is 5.70 Å². The third-order valence-electron chi connectivity index (χ3n) is 4.25. The zero-order valence-electron chi connectivity index (χ0n) is 14.4. The Labute approximate surface area is 146 Å². The van der Waals surface area contributed by atoms with Gasteiger partial charge in [-0.05, 0) is 24.1 Å². The topological polar surface area (TPSA) is 78.3 Å². The molecule has 0 spiro atoms. The number of hydrogen-bond donors (Lipinski definition) is 1. The van der Waals surface area contributed by atoms with Gasteiger partial charge in [-0.2, -0.15) is 10.1 Å². The highest BCUT2D eigenvalue weighted by molar-refractivity contribution is 5.79. The smallest absolute Gasteiger partial charge is 0.317 e. The highest BCUT2D eigenvalue weighted by Crippen LogP contribution is 2.38. The van der Waals surface area contributed by atoms with Crippen molar-refractivity contribution in [2.75, 3.05) is 19.0 Å². The van der Waals surface area contributed by atoms with E-state index in [2.05, 4.69) is 28.9 Å². The number of aromatic nitrogens is 3. The molecule has 0 saturated carbocycles. The number of anilines is 1. The minimum absolute atomic E-state index is 0.312. The van der Waals surface area contributed by atoms with Crippen LogP contribution in [0.15, 0.2) is 42.9 Å². The number of carbonyl (C=O) groups is 1. The van der Waals surface area contributed by atoms with E-state index < -0.39 is 5.92 Å². The summed E-state index contributed by atoms with van der Waals surface area (Å²) in [5.41, 5.74) is 1.47. The van der Waals surface area contributed by atoms with Gasteiger partial charge in [0.1, 0.15) is 18.0 Å². The Hall–Kier alpha value is -2.83. The Morgan fingerprint density at radius 2 is 2.12 bits per heavy atom. The highest BCUT2D eigenvalue weighted by atomic mass is 16.5. The van der Waals surface area contributed by atoms with Gasteiger partial charge in [-0.25, -0.2) is 4.68 Å². The van der Waals surface area contributed by atoms with Crippen LogP contribution in [0.5, 0.6) is 5.75 Å². The van der Waals surface area contributed by atoms with Crippen LogP contribution in [0.2, 0.25) is 0 Å². The van der Waals surface area contributed by atoms with Crippen molar-refractivity contribution in [2.24, 2.45) is 5.92 Å². The number of nitrogens with zero attached hydrogens (tertiary/aromatic N) is 3. The van der Waals surface area contributed by atoms with Gasteiger partial charge in [0.2, 0.25) is 5.95 Å². The average molecular weight is 342 g/mol. The van der Waals surface area contributed by atoms with Crippen LogP contribution in [0.1, 0.15) is 31.4 Å². The fourth-order valence-corrected chi connectivity index (χ4v) is 2.91. The predicted molar refractivity (Wildman–Crippen MR) is 93.3 cm³/mol. The summed E-state index contributed by atoms with van der Waals surface area (Å²) in [4.78, 5) is 16.9. The normalized spacial score (nSPS) is 19.0. The summed E-state index contributed by atoms with van der Waals surface area (Å²) in [6.45, 7) is 6.47. The molecule has 0 bridgehead atoms. The number of ether oxygens (including phenoxy) is 2.